The van der Waals surface area contributed by atoms with Crippen molar-refractivity contribution in [2.75, 3.05) is 0 Å². The molecule has 2 unspecified atom stereocenters. The normalized spacial score (nSPS) is 31.5. The van der Waals surface area contributed by atoms with E-state index in [1.54, 1.807) is 0 Å². The van der Waals surface area contributed by atoms with Gasteiger partial charge in [0, 0.05) is 0 Å². The van der Waals surface area contributed by atoms with E-state index < -0.39 is 0 Å². The summed E-state index contributed by atoms with van der Waals surface area (Å²) in [5.74, 6) is 0.555. The van der Waals surface area contributed by atoms with Crippen LogP contribution in [0.4, 0.5) is 0 Å². The Kier molecular flexibility index (Phi) is 3.12. The molecule has 1 rings (SSSR count). The fourth-order valence-corrected chi connectivity index (χ4v) is 1.54. The van der Waals surface area contributed by atoms with Crippen molar-refractivity contribution in [2.45, 2.75) is 46.1 Å². The standard InChI is InChI=1S/C10H18O2/c1-7(2)9-6-4-5-8(3)10(11)12-9/h7-9H,4-6H2,1-3H3. The average molecular weight is 170 g/mol. The quantitative estimate of drug-likeness (QED) is 0.565. The topological polar surface area (TPSA) is 26.3 Å². The molecule has 1 saturated heterocycles. The number of carbonyl (C=O) groups excluding carboxylic acids is 1. The molecule has 1 heterocycles. The summed E-state index contributed by atoms with van der Waals surface area (Å²) in [4.78, 5) is 11.3. The van der Waals surface area contributed by atoms with Gasteiger partial charge in [0.2, 0.25) is 0 Å². The SMILES string of the molecule is CC1CCCC(C(C)C)OC1=O. The molecule has 0 aromatic heterocycles. The van der Waals surface area contributed by atoms with Crippen LogP contribution in [0.25, 0.3) is 0 Å². The van der Waals surface area contributed by atoms with Crippen LogP contribution in [0.5, 0.6) is 0 Å². The maximum atomic E-state index is 11.3. The lowest BCUT2D eigenvalue weighted by Crippen LogP contribution is -2.23. The molecule has 0 aromatic carbocycles. The van der Waals surface area contributed by atoms with Crippen LogP contribution in [0.1, 0.15) is 40.0 Å². The molecule has 2 atom stereocenters. The molecule has 0 amide bonds. The lowest BCUT2D eigenvalue weighted by atomic mass is 10.0. The summed E-state index contributed by atoms with van der Waals surface area (Å²) in [5.41, 5.74) is 0. The van der Waals surface area contributed by atoms with Crippen LogP contribution in [0.3, 0.4) is 0 Å². The van der Waals surface area contributed by atoms with Crippen molar-refractivity contribution >= 4 is 5.97 Å². The molecular weight excluding hydrogens is 152 g/mol. The predicted molar refractivity (Wildman–Crippen MR) is 47.7 cm³/mol. The lowest BCUT2D eigenvalue weighted by Gasteiger charge is -2.18. The highest BCUT2D eigenvalue weighted by atomic mass is 16.5. The molecule has 12 heavy (non-hydrogen) atoms. The summed E-state index contributed by atoms with van der Waals surface area (Å²) in [7, 11) is 0. The fraction of sp³-hybridized carbons (Fsp3) is 0.900. The molecule has 0 saturated carbocycles. The third-order valence-electron chi connectivity index (χ3n) is 2.54. The van der Waals surface area contributed by atoms with Crippen molar-refractivity contribution in [3.8, 4) is 0 Å². The van der Waals surface area contributed by atoms with Gasteiger partial charge in [0.1, 0.15) is 6.10 Å². The van der Waals surface area contributed by atoms with Gasteiger partial charge in [0.25, 0.3) is 0 Å². The molecule has 2 heteroatoms. The number of hydrogen-bond acceptors (Lipinski definition) is 2. The van der Waals surface area contributed by atoms with E-state index in [1.807, 2.05) is 6.92 Å². The van der Waals surface area contributed by atoms with Crippen LogP contribution in [0.15, 0.2) is 0 Å². The maximum absolute atomic E-state index is 11.3. The van der Waals surface area contributed by atoms with Crippen LogP contribution in [-0.2, 0) is 9.53 Å². The molecule has 70 valence electrons. The first-order valence-corrected chi connectivity index (χ1v) is 4.81. The second kappa shape index (κ2) is 3.92. The molecule has 2 nitrogen and oxygen atoms in total. The van der Waals surface area contributed by atoms with E-state index in [4.69, 9.17) is 4.74 Å². The van der Waals surface area contributed by atoms with Crippen molar-refractivity contribution in [3.63, 3.8) is 0 Å². The van der Waals surface area contributed by atoms with Crippen LogP contribution in [0, 0.1) is 11.8 Å². The largest absolute Gasteiger partial charge is 0.462 e. The van der Waals surface area contributed by atoms with Gasteiger partial charge >= 0.3 is 5.97 Å². The highest BCUT2D eigenvalue weighted by Gasteiger charge is 2.25. The van der Waals surface area contributed by atoms with E-state index in [2.05, 4.69) is 13.8 Å². The Bertz CT molecular complexity index is 163. The molecule has 0 N–H and O–H groups in total. The summed E-state index contributed by atoms with van der Waals surface area (Å²) in [6.07, 6.45) is 3.30. The van der Waals surface area contributed by atoms with E-state index in [9.17, 15) is 4.79 Å². The number of esters is 1. The first-order valence-electron chi connectivity index (χ1n) is 4.81. The van der Waals surface area contributed by atoms with Crippen LogP contribution >= 0.6 is 0 Å². The Hall–Kier alpha value is -0.530. The molecule has 0 spiro atoms. The fourth-order valence-electron chi connectivity index (χ4n) is 1.54. The van der Waals surface area contributed by atoms with Crippen LogP contribution < -0.4 is 0 Å². The van der Waals surface area contributed by atoms with E-state index in [0.29, 0.717) is 5.92 Å². The Morgan fingerprint density at radius 1 is 1.42 bits per heavy atom. The van der Waals surface area contributed by atoms with Crippen molar-refractivity contribution in [1.29, 1.82) is 0 Å². The van der Waals surface area contributed by atoms with Gasteiger partial charge in [-0.2, -0.15) is 0 Å². The monoisotopic (exact) mass is 170 g/mol. The van der Waals surface area contributed by atoms with Crippen LogP contribution in [-0.4, -0.2) is 12.1 Å². The molecule has 0 bridgehead atoms. The molecule has 0 aliphatic carbocycles. The minimum absolute atomic E-state index is 0.00815. The number of rotatable bonds is 1. The first-order chi connectivity index (χ1) is 5.61. The first kappa shape index (κ1) is 9.56. The van der Waals surface area contributed by atoms with Gasteiger partial charge < -0.3 is 4.74 Å². The maximum Gasteiger partial charge on any atom is 0.308 e. The van der Waals surface area contributed by atoms with E-state index in [-0.39, 0.29) is 18.0 Å². The molecule has 0 aromatic rings. The van der Waals surface area contributed by atoms with Gasteiger partial charge in [0.05, 0.1) is 5.92 Å². The molecule has 1 fully saturated rings. The van der Waals surface area contributed by atoms with E-state index in [1.165, 1.54) is 0 Å². The summed E-state index contributed by atoms with van der Waals surface area (Å²) < 4.78 is 5.35. The smallest absolute Gasteiger partial charge is 0.308 e. The minimum Gasteiger partial charge on any atom is -0.462 e. The Morgan fingerprint density at radius 2 is 2.08 bits per heavy atom. The molecule has 1 aliphatic heterocycles. The second-order valence-corrected chi connectivity index (χ2v) is 4.05. The van der Waals surface area contributed by atoms with Crippen LogP contribution in [0.2, 0.25) is 0 Å². The highest BCUT2D eigenvalue weighted by Crippen LogP contribution is 2.23. The zero-order valence-corrected chi connectivity index (χ0v) is 8.17. The Labute approximate surface area is 74.3 Å². The van der Waals surface area contributed by atoms with Crippen molar-refractivity contribution in [2.24, 2.45) is 11.8 Å². The molecule has 1 aliphatic rings. The summed E-state index contributed by atoms with van der Waals surface area (Å²) in [6.45, 7) is 6.16. The van der Waals surface area contributed by atoms with Crippen molar-refractivity contribution in [3.05, 3.63) is 0 Å². The number of ether oxygens (including phenoxy) is 1. The summed E-state index contributed by atoms with van der Waals surface area (Å²) >= 11 is 0. The summed E-state index contributed by atoms with van der Waals surface area (Å²) in [6, 6.07) is 0. The van der Waals surface area contributed by atoms with Crippen molar-refractivity contribution < 1.29 is 9.53 Å². The van der Waals surface area contributed by atoms with Gasteiger partial charge in [-0.05, 0) is 25.2 Å². The van der Waals surface area contributed by atoms with Gasteiger partial charge in [-0.3, -0.25) is 4.79 Å². The minimum atomic E-state index is -0.00815. The van der Waals surface area contributed by atoms with E-state index >= 15 is 0 Å². The number of carbonyl (C=O) groups is 1. The Balaban J connectivity index is 2.54. The number of hydrogen-bond donors (Lipinski definition) is 0. The highest BCUT2D eigenvalue weighted by molar-refractivity contribution is 5.72. The third-order valence-corrected chi connectivity index (χ3v) is 2.54. The predicted octanol–water partition coefficient (Wildman–Crippen LogP) is 2.37. The van der Waals surface area contributed by atoms with Gasteiger partial charge in [-0.1, -0.05) is 20.8 Å². The van der Waals surface area contributed by atoms with Crippen molar-refractivity contribution in [1.82, 2.24) is 0 Å². The second-order valence-electron chi connectivity index (χ2n) is 4.05. The summed E-state index contributed by atoms with van der Waals surface area (Å²) in [5, 5.41) is 0. The molecular formula is C10H18O2. The third kappa shape index (κ3) is 2.23. The van der Waals surface area contributed by atoms with Gasteiger partial charge in [-0.15, -0.1) is 0 Å². The van der Waals surface area contributed by atoms with Gasteiger partial charge in [-0.25, -0.2) is 0 Å². The Morgan fingerprint density at radius 3 is 2.67 bits per heavy atom. The zero-order chi connectivity index (χ0) is 9.14. The molecule has 0 radical (unpaired) electrons. The average Bonchev–Trinajstić information content (AvgIpc) is 2.15. The zero-order valence-electron chi connectivity index (χ0n) is 8.17. The van der Waals surface area contributed by atoms with E-state index in [0.717, 1.165) is 19.3 Å². The lowest BCUT2D eigenvalue weighted by molar-refractivity contribution is -0.154. The number of cyclic esters (lactones) is 1. The van der Waals surface area contributed by atoms with Gasteiger partial charge in [0.15, 0.2) is 0 Å².